The largest absolute Gasteiger partial charge is 0.478 e. The van der Waals surface area contributed by atoms with Crippen molar-refractivity contribution in [2.45, 2.75) is 13.0 Å². The summed E-state index contributed by atoms with van der Waals surface area (Å²) in [6.45, 7) is 0.181. The quantitative estimate of drug-likeness (QED) is 0.888. The lowest BCUT2D eigenvalue weighted by Crippen LogP contribution is -2.25. The molecule has 6 heteroatoms. The predicted molar refractivity (Wildman–Crippen MR) is 78.2 cm³/mol. The van der Waals surface area contributed by atoms with Crippen molar-refractivity contribution in [1.82, 2.24) is 10.3 Å². The van der Waals surface area contributed by atoms with Gasteiger partial charge in [0.2, 0.25) is 5.91 Å². The second kappa shape index (κ2) is 6.85. The molecule has 0 aliphatic rings. The van der Waals surface area contributed by atoms with Crippen molar-refractivity contribution >= 4 is 23.5 Å². The lowest BCUT2D eigenvalue weighted by molar-refractivity contribution is -0.120. The Morgan fingerprint density at radius 3 is 2.76 bits per heavy atom. The molecule has 0 bridgehead atoms. The van der Waals surface area contributed by atoms with E-state index in [4.69, 9.17) is 16.7 Å². The Bertz CT molecular complexity index is 673. The van der Waals surface area contributed by atoms with Gasteiger partial charge in [0.25, 0.3) is 0 Å². The molecule has 0 radical (unpaired) electrons. The number of benzene rings is 1. The first-order valence-electron chi connectivity index (χ1n) is 6.24. The third-order valence-corrected chi connectivity index (χ3v) is 3.02. The van der Waals surface area contributed by atoms with E-state index in [1.54, 1.807) is 18.2 Å². The van der Waals surface area contributed by atoms with E-state index in [-0.39, 0.29) is 24.4 Å². The fourth-order valence-corrected chi connectivity index (χ4v) is 2.00. The van der Waals surface area contributed by atoms with Gasteiger partial charge in [-0.2, -0.15) is 0 Å². The topological polar surface area (TPSA) is 79.3 Å². The fourth-order valence-electron chi connectivity index (χ4n) is 1.79. The highest BCUT2D eigenvalue weighted by molar-refractivity contribution is 6.30. The zero-order valence-corrected chi connectivity index (χ0v) is 11.8. The zero-order valence-electron chi connectivity index (χ0n) is 11.0. The van der Waals surface area contributed by atoms with Crippen LogP contribution in [0.1, 0.15) is 21.6 Å². The van der Waals surface area contributed by atoms with Crippen molar-refractivity contribution in [2.24, 2.45) is 0 Å². The van der Waals surface area contributed by atoms with Gasteiger partial charge in [0, 0.05) is 11.2 Å². The van der Waals surface area contributed by atoms with Crippen molar-refractivity contribution in [3.8, 4) is 0 Å². The molecule has 0 aliphatic heterocycles. The van der Waals surface area contributed by atoms with Crippen molar-refractivity contribution in [1.29, 1.82) is 0 Å². The molecule has 0 unspecified atom stereocenters. The number of aromatic nitrogens is 1. The molecule has 1 amide bonds. The van der Waals surface area contributed by atoms with E-state index in [0.717, 1.165) is 5.56 Å². The summed E-state index contributed by atoms with van der Waals surface area (Å²) < 4.78 is 0. The molecule has 1 aromatic carbocycles. The molecule has 0 spiro atoms. The van der Waals surface area contributed by atoms with Crippen LogP contribution in [0.5, 0.6) is 0 Å². The maximum atomic E-state index is 11.8. The van der Waals surface area contributed by atoms with E-state index in [0.29, 0.717) is 10.7 Å². The molecule has 2 aromatic rings. The third kappa shape index (κ3) is 4.57. The minimum Gasteiger partial charge on any atom is -0.478 e. The fraction of sp³-hybridized carbons (Fsp3) is 0.133. The number of carboxylic acids is 1. The number of nitrogens with zero attached hydrogens (tertiary/aromatic N) is 1. The van der Waals surface area contributed by atoms with E-state index in [1.165, 1.54) is 18.3 Å². The molecular formula is C15H13ClN2O3. The minimum atomic E-state index is -1.02. The Balaban J connectivity index is 1.92. The van der Waals surface area contributed by atoms with Gasteiger partial charge in [-0.1, -0.05) is 23.7 Å². The summed E-state index contributed by atoms with van der Waals surface area (Å²) in [4.78, 5) is 26.7. The number of hydrogen-bond acceptors (Lipinski definition) is 3. The van der Waals surface area contributed by atoms with Crippen LogP contribution in [-0.2, 0) is 17.8 Å². The van der Waals surface area contributed by atoms with Crippen LogP contribution in [0.25, 0.3) is 0 Å². The van der Waals surface area contributed by atoms with E-state index < -0.39 is 5.97 Å². The smallest absolute Gasteiger partial charge is 0.335 e. The summed E-state index contributed by atoms with van der Waals surface area (Å²) >= 11 is 5.85. The van der Waals surface area contributed by atoms with Crippen LogP contribution in [0.4, 0.5) is 0 Å². The first-order chi connectivity index (χ1) is 10.0. The summed E-state index contributed by atoms with van der Waals surface area (Å²) in [6.07, 6.45) is 1.61. The van der Waals surface area contributed by atoms with Crippen LogP contribution < -0.4 is 5.32 Å². The number of hydrogen-bond donors (Lipinski definition) is 2. The Labute approximate surface area is 126 Å². The van der Waals surface area contributed by atoms with Gasteiger partial charge in [-0.3, -0.25) is 9.78 Å². The molecule has 0 aliphatic carbocycles. The summed E-state index contributed by atoms with van der Waals surface area (Å²) in [7, 11) is 0. The number of carbonyl (C=O) groups excluding carboxylic acids is 1. The van der Waals surface area contributed by atoms with Crippen LogP contribution in [0, 0.1) is 0 Å². The molecule has 0 fully saturated rings. The van der Waals surface area contributed by atoms with E-state index in [2.05, 4.69) is 10.3 Å². The minimum absolute atomic E-state index is 0.143. The Morgan fingerprint density at radius 2 is 2.05 bits per heavy atom. The van der Waals surface area contributed by atoms with Crippen molar-refractivity contribution in [3.63, 3.8) is 0 Å². The van der Waals surface area contributed by atoms with Crippen LogP contribution in [0.2, 0.25) is 5.02 Å². The first kappa shape index (κ1) is 15.0. The molecular weight excluding hydrogens is 292 g/mol. The number of pyridine rings is 1. The van der Waals surface area contributed by atoms with E-state index in [1.807, 2.05) is 6.07 Å². The van der Waals surface area contributed by atoms with E-state index >= 15 is 0 Å². The van der Waals surface area contributed by atoms with Gasteiger partial charge in [0.05, 0.1) is 24.2 Å². The zero-order chi connectivity index (χ0) is 15.2. The number of carbonyl (C=O) groups is 2. The Hall–Kier alpha value is -2.40. The number of carboxylic acid groups (broad SMARTS) is 1. The third-order valence-electron chi connectivity index (χ3n) is 2.78. The molecule has 1 heterocycles. The highest BCUT2D eigenvalue weighted by atomic mass is 35.5. The van der Waals surface area contributed by atoms with Gasteiger partial charge in [0.15, 0.2) is 0 Å². The average molecular weight is 305 g/mol. The summed E-state index contributed by atoms with van der Waals surface area (Å²) in [5.74, 6) is -1.20. The van der Waals surface area contributed by atoms with Crippen molar-refractivity contribution in [2.75, 3.05) is 0 Å². The normalized spacial score (nSPS) is 10.1. The highest BCUT2D eigenvalue weighted by Crippen LogP contribution is 2.11. The van der Waals surface area contributed by atoms with Crippen LogP contribution in [-0.4, -0.2) is 22.0 Å². The molecule has 5 nitrogen and oxygen atoms in total. The van der Waals surface area contributed by atoms with Crippen LogP contribution in [0.15, 0.2) is 42.6 Å². The summed E-state index contributed by atoms with van der Waals surface area (Å²) in [5, 5.41) is 12.2. The highest BCUT2D eigenvalue weighted by Gasteiger charge is 2.07. The molecule has 0 saturated heterocycles. The van der Waals surface area contributed by atoms with Gasteiger partial charge in [0.1, 0.15) is 0 Å². The number of amides is 1. The van der Waals surface area contributed by atoms with Crippen LogP contribution >= 0.6 is 11.6 Å². The summed E-state index contributed by atoms with van der Waals surface area (Å²) in [5.41, 5.74) is 1.45. The lowest BCUT2D eigenvalue weighted by atomic mass is 10.1. The van der Waals surface area contributed by atoms with Gasteiger partial charge in [-0.15, -0.1) is 0 Å². The monoisotopic (exact) mass is 304 g/mol. The standard InChI is InChI=1S/C15H13ClN2O3/c16-12-3-1-2-10(6-12)7-14(19)18-9-13-8-11(15(20)21)4-5-17-13/h1-6,8H,7,9H2,(H,18,19)(H,20,21). The molecule has 108 valence electrons. The second-order valence-corrected chi connectivity index (χ2v) is 4.86. The van der Waals surface area contributed by atoms with Gasteiger partial charge in [-0.05, 0) is 29.8 Å². The lowest BCUT2D eigenvalue weighted by Gasteiger charge is -2.06. The van der Waals surface area contributed by atoms with Crippen LogP contribution in [0.3, 0.4) is 0 Å². The number of aromatic carboxylic acids is 1. The SMILES string of the molecule is O=C(Cc1cccc(Cl)c1)NCc1cc(C(=O)O)ccn1. The van der Waals surface area contributed by atoms with Gasteiger partial charge < -0.3 is 10.4 Å². The Kier molecular flexibility index (Phi) is 4.90. The molecule has 0 saturated carbocycles. The van der Waals surface area contributed by atoms with Gasteiger partial charge >= 0.3 is 5.97 Å². The maximum Gasteiger partial charge on any atom is 0.335 e. The van der Waals surface area contributed by atoms with E-state index in [9.17, 15) is 9.59 Å². The summed E-state index contributed by atoms with van der Waals surface area (Å²) in [6, 6.07) is 9.90. The number of halogens is 1. The maximum absolute atomic E-state index is 11.8. The average Bonchev–Trinajstić information content (AvgIpc) is 2.45. The molecule has 2 N–H and O–H groups in total. The second-order valence-electron chi connectivity index (χ2n) is 4.42. The van der Waals surface area contributed by atoms with Crippen molar-refractivity contribution in [3.05, 3.63) is 64.4 Å². The number of rotatable bonds is 5. The number of nitrogens with one attached hydrogen (secondary N) is 1. The molecule has 21 heavy (non-hydrogen) atoms. The first-order valence-corrected chi connectivity index (χ1v) is 6.62. The molecule has 0 atom stereocenters. The van der Waals surface area contributed by atoms with Crippen molar-refractivity contribution < 1.29 is 14.7 Å². The Morgan fingerprint density at radius 1 is 1.24 bits per heavy atom. The predicted octanol–water partition coefficient (Wildman–Crippen LogP) is 2.29. The molecule has 2 rings (SSSR count). The molecule has 1 aromatic heterocycles. The van der Waals surface area contributed by atoms with Gasteiger partial charge in [-0.25, -0.2) is 4.79 Å².